The molecule has 0 spiro atoms. The lowest BCUT2D eigenvalue weighted by atomic mass is 10.1. The van der Waals surface area contributed by atoms with Crippen molar-refractivity contribution in [2.75, 3.05) is 19.0 Å². The highest BCUT2D eigenvalue weighted by atomic mass is 79.9. The van der Waals surface area contributed by atoms with Gasteiger partial charge in [0.25, 0.3) is 5.91 Å². The number of halogens is 1. The van der Waals surface area contributed by atoms with Crippen LogP contribution in [0.1, 0.15) is 16.1 Å². The zero-order valence-corrected chi connectivity index (χ0v) is 12.7. The maximum atomic E-state index is 12.2. The quantitative estimate of drug-likeness (QED) is 0.853. The fraction of sp³-hybridized carbons (Fsp3) is 0.200. The number of methoxy groups -OCH3 is 1. The van der Waals surface area contributed by atoms with Gasteiger partial charge < -0.3 is 10.1 Å². The number of nitrogens with zero attached hydrogens (tertiary/aromatic N) is 1. The number of nitrogens with one attached hydrogen (secondary N) is 1. The third-order valence-corrected chi connectivity index (χ3v) is 3.23. The number of hydrogen-bond acceptors (Lipinski definition) is 3. The number of para-hydroxylation sites is 1. The Balaban J connectivity index is 2.15. The molecule has 0 saturated carbocycles. The third-order valence-electron chi connectivity index (χ3n) is 2.79. The van der Waals surface area contributed by atoms with Crippen LogP contribution in [0, 0.1) is 0 Å². The molecule has 0 aliphatic heterocycles. The molecule has 0 aliphatic rings. The van der Waals surface area contributed by atoms with Crippen molar-refractivity contribution in [3.8, 4) is 0 Å². The molecule has 0 fully saturated rings. The molecular weight excluding hydrogens is 320 g/mol. The summed E-state index contributed by atoms with van der Waals surface area (Å²) in [5.41, 5.74) is 2.20. The summed E-state index contributed by atoms with van der Waals surface area (Å²) >= 11 is 3.26. The highest BCUT2D eigenvalue weighted by Crippen LogP contribution is 2.17. The Morgan fingerprint density at radius 1 is 1.25 bits per heavy atom. The normalized spacial score (nSPS) is 10.3. The Morgan fingerprint density at radius 2 is 2.05 bits per heavy atom. The van der Waals surface area contributed by atoms with Gasteiger partial charge in [-0.25, -0.2) is 4.98 Å². The van der Waals surface area contributed by atoms with Crippen molar-refractivity contribution >= 4 is 27.5 Å². The topological polar surface area (TPSA) is 51.2 Å². The molecule has 1 heterocycles. The molecule has 2 aromatic rings. The second kappa shape index (κ2) is 7.17. The number of carbonyl (C=O) groups is 1. The summed E-state index contributed by atoms with van der Waals surface area (Å²) in [6.45, 7) is 0.613. The number of anilines is 1. The first-order chi connectivity index (χ1) is 9.70. The Kier molecular flexibility index (Phi) is 5.26. The molecule has 2 rings (SSSR count). The van der Waals surface area contributed by atoms with Crippen LogP contribution in [0.5, 0.6) is 0 Å². The van der Waals surface area contributed by atoms with Crippen molar-refractivity contribution in [1.29, 1.82) is 0 Å². The van der Waals surface area contributed by atoms with E-state index < -0.39 is 0 Å². The minimum absolute atomic E-state index is 0.226. The molecule has 0 aliphatic carbocycles. The molecule has 5 heteroatoms. The number of hydrogen-bond donors (Lipinski definition) is 1. The number of ether oxygens (including phenoxy) is 1. The molecular formula is C15H15BrN2O2. The van der Waals surface area contributed by atoms with Crippen molar-refractivity contribution in [2.45, 2.75) is 6.42 Å². The largest absolute Gasteiger partial charge is 0.384 e. The molecule has 1 aromatic carbocycles. The van der Waals surface area contributed by atoms with E-state index in [1.807, 2.05) is 24.3 Å². The van der Waals surface area contributed by atoms with E-state index in [1.165, 1.54) is 0 Å². The molecule has 0 atom stereocenters. The lowest BCUT2D eigenvalue weighted by molar-refractivity contribution is 0.102. The minimum Gasteiger partial charge on any atom is -0.384 e. The average Bonchev–Trinajstić information content (AvgIpc) is 2.46. The summed E-state index contributed by atoms with van der Waals surface area (Å²) in [5, 5.41) is 2.89. The third kappa shape index (κ3) is 3.88. The molecule has 20 heavy (non-hydrogen) atoms. The maximum absolute atomic E-state index is 12.2. The predicted molar refractivity (Wildman–Crippen MR) is 81.9 cm³/mol. The Bertz CT molecular complexity index is 602. The first kappa shape index (κ1) is 14.7. The molecule has 1 aromatic heterocycles. The van der Waals surface area contributed by atoms with Crippen LogP contribution in [-0.2, 0) is 11.2 Å². The summed E-state index contributed by atoms with van der Waals surface area (Å²) in [6.07, 6.45) is 0.749. The Hall–Kier alpha value is -1.72. The molecule has 0 unspecified atom stereocenters. The van der Waals surface area contributed by atoms with Gasteiger partial charge in [0.2, 0.25) is 0 Å². The Labute approximate surface area is 126 Å². The van der Waals surface area contributed by atoms with E-state index in [1.54, 1.807) is 25.3 Å². The van der Waals surface area contributed by atoms with Gasteiger partial charge in [-0.2, -0.15) is 0 Å². The van der Waals surface area contributed by atoms with Gasteiger partial charge in [-0.15, -0.1) is 0 Å². The van der Waals surface area contributed by atoms with Crippen LogP contribution in [0.25, 0.3) is 0 Å². The fourth-order valence-corrected chi connectivity index (χ4v) is 2.14. The van der Waals surface area contributed by atoms with Crippen molar-refractivity contribution < 1.29 is 9.53 Å². The summed E-state index contributed by atoms with van der Waals surface area (Å²) in [6, 6.07) is 12.9. The summed E-state index contributed by atoms with van der Waals surface area (Å²) < 4.78 is 5.71. The zero-order chi connectivity index (χ0) is 14.4. The van der Waals surface area contributed by atoms with E-state index in [0.29, 0.717) is 16.9 Å². The van der Waals surface area contributed by atoms with Crippen molar-refractivity contribution in [3.63, 3.8) is 0 Å². The summed E-state index contributed by atoms with van der Waals surface area (Å²) in [5.74, 6) is -0.226. The van der Waals surface area contributed by atoms with Gasteiger partial charge in [-0.1, -0.05) is 24.3 Å². The van der Waals surface area contributed by atoms with Crippen LogP contribution < -0.4 is 5.32 Å². The molecule has 0 radical (unpaired) electrons. The first-order valence-electron chi connectivity index (χ1n) is 6.21. The maximum Gasteiger partial charge on any atom is 0.274 e. The SMILES string of the molecule is COCCc1ccccc1NC(=O)c1cccc(Br)n1. The minimum atomic E-state index is -0.226. The number of benzene rings is 1. The summed E-state index contributed by atoms with van der Waals surface area (Å²) in [7, 11) is 1.66. The molecule has 0 bridgehead atoms. The van der Waals surface area contributed by atoms with Gasteiger partial charge in [-0.05, 0) is 46.1 Å². The van der Waals surface area contributed by atoms with E-state index >= 15 is 0 Å². The monoisotopic (exact) mass is 334 g/mol. The Morgan fingerprint density at radius 3 is 2.80 bits per heavy atom. The van der Waals surface area contributed by atoms with E-state index in [9.17, 15) is 4.79 Å². The predicted octanol–water partition coefficient (Wildman–Crippen LogP) is 3.29. The van der Waals surface area contributed by atoms with Gasteiger partial charge in [0.1, 0.15) is 10.3 Å². The average molecular weight is 335 g/mol. The second-order valence-electron chi connectivity index (χ2n) is 4.20. The lowest BCUT2D eigenvalue weighted by Gasteiger charge is -2.10. The van der Waals surface area contributed by atoms with Crippen LogP contribution in [0.4, 0.5) is 5.69 Å². The molecule has 1 amide bonds. The zero-order valence-electron chi connectivity index (χ0n) is 11.1. The van der Waals surface area contributed by atoms with Gasteiger partial charge in [0.05, 0.1) is 6.61 Å². The molecule has 0 saturated heterocycles. The van der Waals surface area contributed by atoms with Crippen LogP contribution >= 0.6 is 15.9 Å². The van der Waals surface area contributed by atoms with Crippen LogP contribution in [-0.4, -0.2) is 24.6 Å². The number of rotatable bonds is 5. The first-order valence-corrected chi connectivity index (χ1v) is 7.01. The number of amides is 1. The van der Waals surface area contributed by atoms with Crippen molar-refractivity contribution in [2.24, 2.45) is 0 Å². The second-order valence-corrected chi connectivity index (χ2v) is 5.01. The number of carbonyl (C=O) groups excluding carboxylic acids is 1. The van der Waals surface area contributed by atoms with E-state index in [4.69, 9.17) is 4.74 Å². The standard InChI is InChI=1S/C15H15BrN2O2/c1-20-10-9-11-5-2-3-6-12(11)18-15(19)13-7-4-8-14(16)17-13/h2-8H,9-10H2,1H3,(H,18,19). The van der Waals surface area contributed by atoms with Gasteiger partial charge in [0.15, 0.2) is 0 Å². The summed E-state index contributed by atoms with van der Waals surface area (Å²) in [4.78, 5) is 16.3. The molecule has 104 valence electrons. The number of pyridine rings is 1. The lowest BCUT2D eigenvalue weighted by Crippen LogP contribution is -2.15. The van der Waals surface area contributed by atoms with Crippen LogP contribution in [0.2, 0.25) is 0 Å². The highest BCUT2D eigenvalue weighted by Gasteiger charge is 2.10. The van der Waals surface area contributed by atoms with Gasteiger partial charge in [0, 0.05) is 12.8 Å². The van der Waals surface area contributed by atoms with Crippen LogP contribution in [0.3, 0.4) is 0 Å². The fourth-order valence-electron chi connectivity index (χ4n) is 1.79. The van der Waals surface area contributed by atoms with Crippen molar-refractivity contribution in [1.82, 2.24) is 4.98 Å². The van der Waals surface area contributed by atoms with Gasteiger partial charge in [-0.3, -0.25) is 4.79 Å². The van der Waals surface area contributed by atoms with E-state index in [2.05, 4.69) is 26.2 Å². The van der Waals surface area contributed by atoms with E-state index in [0.717, 1.165) is 17.7 Å². The molecule has 4 nitrogen and oxygen atoms in total. The smallest absolute Gasteiger partial charge is 0.274 e. The highest BCUT2D eigenvalue weighted by molar-refractivity contribution is 9.10. The van der Waals surface area contributed by atoms with Gasteiger partial charge >= 0.3 is 0 Å². The van der Waals surface area contributed by atoms with Crippen molar-refractivity contribution in [3.05, 3.63) is 58.3 Å². The van der Waals surface area contributed by atoms with Crippen LogP contribution in [0.15, 0.2) is 47.1 Å². The molecule has 1 N–H and O–H groups in total. The van der Waals surface area contributed by atoms with E-state index in [-0.39, 0.29) is 5.91 Å². The number of aromatic nitrogens is 1.